The van der Waals surface area contributed by atoms with Gasteiger partial charge in [0.2, 0.25) is 0 Å². The summed E-state index contributed by atoms with van der Waals surface area (Å²) in [6, 6.07) is 33.0. The number of hydrogen-bond donors (Lipinski definition) is 4. The molecule has 4 aromatic carbocycles. The van der Waals surface area contributed by atoms with Gasteiger partial charge in [0.15, 0.2) is 5.11 Å². The third-order valence-corrected chi connectivity index (χ3v) is 6.74. The Bertz CT molecular complexity index is 1490. The van der Waals surface area contributed by atoms with Gasteiger partial charge in [0, 0.05) is 33.0 Å². The number of para-hydroxylation sites is 1. The van der Waals surface area contributed by atoms with Crippen molar-refractivity contribution in [2.75, 3.05) is 21.7 Å². The summed E-state index contributed by atoms with van der Waals surface area (Å²) in [4.78, 5) is 13.7. The van der Waals surface area contributed by atoms with Crippen LogP contribution < -0.4 is 21.7 Å². The van der Waals surface area contributed by atoms with Crippen LogP contribution in [0, 0.1) is 0 Å². The Hall–Kier alpha value is -4.20. The molecule has 1 heterocycles. The largest absolute Gasteiger partial charge is 0.399 e. The summed E-state index contributed by atoms with van der Waals surface area (Å²) in [5.74, 6) is -0.123. The fourth-order valence-electron chi connectivity index (χ4n) is 3.75. The molecule has 0 saturated carbocycles. The minimum atomic E-state index is -0.123. The molecule has 0 aliphatic rings. The Kier molecular flexibility index (Phi) is 6.43. The molecule has 1 amide bonds. The van der Waals surface area contributed by atoms with E-state index in [1.807, 2.05) is 103 Å². The molecule has 172 valence electrons. The van der Waals surface area contributed by atoms with Crippen LogP contribution in [0.4, 0.5) is 22.7 Å². The molecule has 0 spiro atoms. The van der Waals surface area contributed by atoms with E-state index in [9.17, 15) is 4.79 Å². The summed E-state index contributed by atoms with van der Waals surface area (Å²) in [7, 11) is 0. The van der Waals surface area contributed by atoms with Crippen molar-refractivity contribution in [3.05, 3.63) is 108 Å². The zero-order valence-electron chi connectivity index (χ0n) is 18.6. The molecule has 0 atom stereocenters. The van der Waals surface area contributed by atoms with Gasteiger partial charge in [-0.15, -0.1) is 11.3 Å². The van der Waals surface area contributed by atoms with Crippen LogP contribution >= 0.6 is 23.6 Å². The number of benzene rings is 4. The highest BCUT2D eigenvalue weighted by atomic mass is 32.1. The Balaban J connectivity index is 1.34. The maximum absolute atomic E-state index is 13.0. The number of nitrogens with two attached hydrogens (primary N) is 1. The quantitative estimate of drug-likeness (QED) is 0.153. The second-order valence-corrected chi connectivity index (χ2v) is 9.42. The zero-order valence-corrected chi connectivity index (χ0v) is 20.3. The second-order valence-electron chi connectivity index (χ2n) is 7.93. The summed E-state index contributed by atoms with van der Waals surface area (Å²) in [5.41, 5.74) is 10.7. The van der Waals surface area contributed by atoms with Crippen molar-refractivity contribution in [3.8, 4) is 11.1 Å². The van der Waals surface area contributed by atoms with Crippen molar-refractivity contribution < 1.29 is 4.79 Å². The lowest BCUT2D eigenvalue weighted by Gasteiger charge is -2.14. The van der Waals surface area contributed by atoms with Gasteiger partial charge in [-0.25, -0.2) is 0 Å². The predicted molar refractivity (Wildman–Crippen MR) is 152 cm³/mol. The normalized spacial score (nSPS) is 10.6. The van der Waals surface area contributed by atoms with Crippen LogP contribution in [0.3, 0.4) is 0 Å². The SMILES string of the molecule is Nc1ccc(NC(=S)Nc2cccc(-c3ccccc3NC(=O)c3cc4ccccc4s3)c2)cc1. The van der Waals surface area contributed by atoms with Gasteiger partial charge in [-0.05, 0) is 77.8 Å². The van der Waals surface area contributed by atoms with Gasteiger partial charge in [-0.3, -0.25) is 4.79 Å². The average Bonchev–Trinajstić information content (AvgIpc) is 3.31. The number of carbonyl (C=O) groups excluding carboxylic acids is 1. The first-order valence-corrected chi connectivity index (χ1v) is 12.2. The number of rotatable bonds is 5. The number of amides is 1. The van der Waals surface area contributed by atoms with Crippen LogP contribution in [0.1, 0.15) is 9.67 Å². The van der Waals surface area contributed by atoms with Crippen molar-refractivity contribution in [2.24, 2.45) is 0 Å². The summed E-state index contributed by atoms with van der Waals surface area (Å²) in [5, 5.41) is 11.0. The third-order valence-electron chi connectivity index (χ3n) is 5.42. The second kappa shape index (κ2) is 9.97. The Morgan fingerprint density at radius 3 is 2.31 bits per heavy atom. The molecule has 5 aromatic rings. The molecule has 1 aromatic heterocycles. The fourth-order valence-corrected chi connectivity index (χ4v) is 4.94. The van der Waals surface area contributed by atoms with Gasteiger partial charge in [-0.2, -0.15) is 0 Å². The lowest BCUT2D eigenvalue weighted by molar-refractivity contribution is 0.103. The average molecular weight is 495 g/mol. The molecule has 0 unspecified atom stereocenters. The summed E-state index contributed by atoms with van der Waals surface area (Å²) in [6.45, 7) is 0. The van der Waals surface area contributed by atoms with Crippen LogP contribution in [0.25, 0.3) is 21.2 Å². The van der Waals surface area contributed by atoms with Crippen LogP contribution in [0.5, 0.6) is 0 Å². The van der Waals surface area contributed by atoms with Gasteiger partial charge in [0.25, 0.3) is 5.91 Å². The van der Waals surface area contributed by atoms with Crippen molar-refractivity contribution in [1.29, 1.82) is 0 Å². The molecule has 0 radical (unpaired) electrons. The standard InChI is InChI=1S/C28H22N4OS2/c29-20-12-14-21(15-13-20)30-28(34)31-22-8-5-7-18(16-22)23-9-2-3-10-24(23)32-27(33)26-17-19-6-1-4-11-25(19)35-26/h1-17H,29H2,(H,32,33)(H2,30,31,34). The topological polar surface area (TPSA) is 79.2 Å². The highest BCUT2D eigenvalue weighted by molar-refractivity contribution is 7.80. The van der Waals surface area contributed by atoms with E-state index in [0.29, 0.717) is 15.7 Å². The van der Waals surface area contributed by atoms with E-state index in [2.05, 4.69) is 16.0 Å². The van der Waals surface area contributed by atoms with Crippen LogP contribution in [-0.4, -0.2) is 11.0 Å². The Labute approximate surface area is 212 Å². The smallest absolute Gasteiger partial charge is 0.265 e. The number of nitrogens with one attached hydrogen (secondary N) is 3. The van der Waals surface area contributed by atoms with E-state index in [4.69, 9.17) is 18.0 Å². The minimum Gasteiger partial charge on any atom is -0.399 e. The summed E-state index contributed by atoms with van der Waals surface area (Å²) >= 11 is 6.95. The third kappa shape index (κ3) is 5.32. The molecule has 5 N–H and O–H groups in total. The molecule has 5 rings (SSSR count). The monoisotopic (exact) mass is 494 g/mol. The van der Waals surface area contributed by atoms with E-state index in [1.54, 1.807) is 0 Å². The maximum Gasteiger partial charge on any atom is 0.265 e. The Morgan fingerprint density at radius 1 is 0.743 bits per heavy atom. The number of fused-ring (bicyclic) bond motifs is 1. The molecule has 0 bridgehead atoms. The highest BCUT2D eigenvalue weighted by Gasteiger charge is 2.13. The number of hydrogen-bond acceptors (Lipinski definition) is 4. The van der Waals surface area contributed by atoms with E-state index >= 15 is 0 Å². The molecule has 0 aliphatic carbocycles. The van der Waals surface area contributed by atoms with Gasteiger partial charge < -0.3 is 21.7 Å². The van der Waals surface area contributed by atoms with Crippen LogP contribution in [0.15, 0.2) is 103 Å². The van der Waals surface area contributed by atoms with Gasteiger partial charge >= 0.3 is 0 Å². The number of carbonyl (C=O) groups is 1. The molecule has 0 aliphatic heterocycles. The first kappa shape index (κ1) is 22.6. The zero-order chi connectivity index (χ0) is 24.2. The van der Waals surface area contributed by atoms with E-state index in [0.717, 1.165) is 38.3 Å². The molecule has 35 heavy (non-hydrogen) atoms. The number of thiophene rings is 1. The maximum atomic E-state index is 13.0. The van der Waals surface area contributed by atoms with Crippen molar-refractivity contribution in [2.45, 2.75) is 0 Å². The molecular formula is C28H22N4OS2. The number of nitrogen functional groups attached to an aromatic ring is 1. The summed E-state index contributed by atoms with van der Waals surface area (Å²) in [6.07, 6.45) is 0. The van der Waals surface area contributed by atoms with Crippen molar-refractivity contribution in [1.82, 2.24) is 0 Å². The number of anilines is 4. The lowest BCUT2D eigenvalue weighted by atomic mass is 10.0. The van der Waals surface area contributed by atoms with E-state index < -0.39 is 0 Å². The highest BCUT2D eigenvalue weighted by Crippen LogP contribution is 2.31. The number of thiocarbonyl (C=S) groups is 1. The van der Waals surface area contributed by atoms with E-state index in [-0.39, 0.29) is 5.91 Å². The van der Waals surface area contributed by atoms with Crippen molar-refractivity contribution in [3.63, 3.8) is 0 Å². The Morgan fingerprint density at radius 2 is 1.49 bits per heavy atom. The molecule has 0 saturated heterocycles. The minimum absolute atomic E-state index is 0.123. The first-order valence-electron chi connectivity index (χ1n) is 11.0. The van der Waals surface area contributed by atoms with Crippen LogP contribution in [-0.2, 0) is 0 Å². The lowest BCUT2D eigenvalue weighted by Crippen LogP contribution is -2.19. The predicted octanol–water partition coefficient (Wildman–Crippen LogP) is 7.21. The van der Waals surface area contributed by atoms with Gasteiger partial charge in [0.05, 0.1) is 4.88 Å². The molecule has 0 fully saturated rings. The fraction of sp³-hybridized carbons (Fsp3) is 0. The van der Waals surface area contributed by atoms with Crippen molar-refractivity contribution >= 4 is 67.4 Å². The van der Waals surface area contributed by atoms with Gasteiger partial charge in [-0.1, -0.05) is 48.5 Å². The molecule has 5 nitrogen and oxygen atoms in total. The summed E-state index contributed by atoms with van der Waals surface area (Å²) < 4.78 is 1.09. The van der Waals surface area contributed by atoms with Crippen LogP contribution in [0.2, 0.25) is 0 Å². The molecule has 7 heteroatoms. The first-order chi connectivity index (χ1) is 17.0. The van der Waals surface area contributed by atoms with Gasteiger partial charge in [0.1, 0.15) is 0 Å². The molecular weight excluding hydrogens is 472 g/mol. The van der Waals surface area contributed by atoms with E-state index in [1.165, 1.54) is 11.3 Å².